The van der Waals surface area contributed by atoms with Crippen molar-refractivity contribution in [2.45, 2.75) is 31.7 Å². The highest BCUT2D eigenvalue weighted by Gasteiger charge is 2.34. The van der Waals surface area contributed by atoms with Crippen LogP contribution in [0, 0.1) is 0 Å². The molecule has 1 atom stereocenters. The van der Waals surface area contributed by atoms with Crippen molar-refractivity contribution in [3.63, 3.8) is 0 Å². The van der Waals surface area contributed by atoms with Gasteiger partial charge in [-0.1, -0.05) is 30.3 Å². The topological polar surface area (TPSA) is 46.6 Å². The predicted molar refractivity (Wildman–Crippen MR) is 96.8 cm³/mol. The summed E-state index contributed by atoms with van der Waals surface area (Å²) in [5, 5.41) is 0. The summed E-state index contributed by atoms with van der Waals surface area (Å²) in [6.45, 7) is 0.667. The molecule has 1 unspecified atom stereocenters. The molecule has 0 saturated carbocycles. The van der Waals surface area contributed by atoms with E-state index in [1.165, 1.54) is 0 Å². The average molecular weight is 337 g/mol. The largest absolute Gasteiger partial charge is 0.497 e. The number of carbonyl (C=O) groups excluding carboxylic acids is 2. The fourth-order valence-electron chi connectivity index (χ4n) is 3.33. The average Bonchev–Trinajstić information content (AvgIpc) is 3.16. The molecule has 25 heavy (non-hydrogen) atoms. The predicted octanol–water partition coefficient (Wildman–Crippen LogP) is 3.50. The van der Waals surface area contributed by atoms with E-state index >= 15 is 0 Å². The van der Waals surface area contributed by atoms with Gasteiger partial charge in [-0.3, -0.25) is 9.59 Å². The first-order chi connectivity index (χ1) is 12.2. The van der Waals surface area contributed by atoms with Crippen LogP contribution < -0.4 is 4.74 Å². The van der Waals surface area contributed by atoms with Crippen molar-refractivity contribution in [2.24, 2.45) is 0 Å². The minimum absolute atomic E-state index is 0.0215. The molecule has 1 aliphatic heterocycles. The Bertz CT molecular complexity index is 725. The van der Waals surface area contributed by atoms with Gasteiger partial charge in [0.1, 0.15) is 5.75 Å². The van der Waals surface area contributed by atoms with Crippen LogP contribution in [-0.4, -0.2) is 36.3 Å². The molecule has 0 bridgehead atoms. The van der Waals surface area contributed by atoms with E-state index in [4.69, 9.17) is 4.74 Å². The van der Waals surface area contributed by atoms with Gasteiger partial charge in [0.25, 0.3) is 0 Å². The first-order valence-corrected chi connectivity index (χ1v) is 8.70. The summed E-state index contributed by atoms with van der Waals surface area (Å²) in [4.78, 5) is 27.2. The van der Waals surface area contributed by atoms with Gasteiger partial charge in [0.05, 0.1) is 13.2 Å². The second-order valence-corrected chi connectivity index (χ2v) is 6.32. The molecule has 0 aliphatic carbocycles. The number of hydrogen-bond donors (Lipinski definition) is 0. The number of carbonyl (C=O) groups is 2. The summed E-state index contributed by atoms with van der Waals surface area (Å²) >= 11 is 0. The maximum Gasteiger partial charge on any atom is 0.223 e. The zero-order chi connectivity index (χ0) is 17.6. The van der Waals surface area contributed by atoms with Crippen LogP contribution in [0.3, 0.4) is 0 Å². The lowest BCUT2D eigenvalue weighted by atomic mass is 10.0. The SMILES string of the molecule is COc1ccc(C(=O)C2CCCN2C(=O)CCc2ccccc2)cc1. The highest BCUT2D eigenvalue weighted by Crippen LogP contribution is 2.23. The summed E-state index contributed by atoms with van der Waals surface area (Å²) in [6, 6.07) is 16.7. The summed E-state index contributed by atoms with van der Waals surface area (Å²) in [6.07, 6.45) is 2.77. The van der Waals surface area contributed by atoms with Crippen molar-refractivity contribution in [1.29, 1.82) is 0 Å². The molecule has 2 aromatic carbocycles. The molecular formula is C21H23NO3. The first kappa shape index (κ1) is 17.2. The molecule has 0 radical (unpaired) electrons. The van der Waals surface area contributed by atoms with Crippen molar-refractivity contribution < 1.29 is 14.3 Å². The van der Waals surface area contributed by atoms with E-state index in [0.29, 0.717) is 24.9 Å². The Hall–Kier alpha value is -2.62. The van der Waals surface area contributed by atoms with E-state index < -0.39 is 0 Å². The minimum Gasteiger partial charge on any atom is -0.497 e. The Morgan fingerprint density at radius 3 is 2.48 bits per heavy atom. The Morgan fingerprint density at radius 1 is 1.08 bits per heavy atom. The van der Waals surface area contributed by atoms with Gasteiger partial charge in [0.15, 0.2) is 5.78 Å². The highest BCUT2D eigenvalue weighted by molar-refractivity contribution is 6.02. The van der Waals surface area contributed by atoms with Gasteiger partial charge in [-0.25, -0.2) is 0 Å². The molecule has 1 saturated heterocycles. The van der Waals surface area contributed by atoms with Crippen molar-refractivity contribution in [2.75, 3.05) is 13.7 Å². The lowest BCUT2D eigenvalue weighted by Crippen LogP contribution is -2.40. The van der Waals surface area contributed by atoms with Crippen LogP contribution in [0.2, 0.25) is 0 Å². The van der Waals surface area contributed by atoms with Gasteiger partial charge in [-0.05, 0) is 49.1 Å². The Labute approximate surface area is 148 Å². The third-order valence-electron chi connectivity index (χ3n) is 4.72. The fraction of sp³-hybridized carbons (Fsp3) is 0.333. The molecule has 4 nitrogen and oxygen atoms in total. The molecule has 2 aromatic rings. The van der Waals surface area contributed by atoms with Crippen LogP contribution in [0.25, 0.3) is 0 Å². The maximum atomic E-state index is 12.8. The third-order valence-corrected chi connectivity index (χ3v) is 4.72. The molecule has 3 rings (SSSR count). The van der Waals surface area contributed by atoms with Gasteiger partial charge >= 0.3 is 0 Å². The number of hydrogen-bond acceptors (Lipinski definition) is 3. The first-order valence-electron chi connectivity index (χ1n) is 8.70. The van der Waals surface area contributed by atoms with Crippen molar-refractivity contribution >= 4 is 11.7 Å². The second-order valence-electron chi connectivity index (χ2n) is 6.32. The summed E-state index contributed by atoms with van der Waals surface area (Å²) in [5.41, 5.74) is 1.78. The molecule has 0 aromatic heterocycles. The fourth-order valence-corrected chi connectivity index (χ4v) is 3.33. The van der Waals surface area contributed by atoms with Crippen molar-refractivity contribution in [1.82, 2.24) is 4.90 Å². The van der Waals surface area contributed by atoms with E-state index in [1.54, 1.807) is 36.3 Å². The maximum absolute atomic E-state index is 12.8. The van der Waals surface area contributed by atoms with Crippen LogP contribution in [0.15, 0.2) is 54.6 Å². The number of ether oxygens (including phenoxy) is 1. The number of methoxy groups -OCH3 is 1. The minimum atomic E-state index is -0.336. The smallest absolute Gasteiger partial charge is 0.223 e. The summed E-state index contributed by atoms with van der Waals surface area (Å²) < 4.78 is 5.13. The molecule has 130 valence electrons. The Balaban J connectivity index is 1.64. The van der Waals surface area contributed by atoms with Gasteiger partial charge in [-0.15, -0.1) is 0 Å². The van der Waals surface area contributed by atoms with E-state index in [0.717, 1.165) is 24.2 Å². The molecule has 4 heteroatoms. The molecule has 1 fully saturated rings. The number of benzene rings is 2. The van der Waals surface area contributed by atoms with Crippen molar-refractivity contribution in [3.8, 4) is 5.75 Å². The van der Waals surface area contributed by atoms with Gasteiger partial charge < -0.3 is 9.64 Å². The van der Waals surface area contributed by atoms with E-state index in [2.05, 4.69) is 0 Å². The monoisotopic (exact) mass is 337 g/mol. The van der Waals surface area contributed by atoms with Crippen LogP contribution in [-0.2, 0) is 11.2 Å². The van der Waals surface area contributed by atoms with Crippen LogP contribution in [0.4, 0.5) is 0 Å². The normalized spacial score (nSPS) is 16.7. The quantitative estimate of drug-likeness (QED) is 0.758. The number of rotatable bonds is 6. The second kappa shape index (κ2) is 7.97. The van der Waals surface area contributed by atoms with E-state index in [9.17, 15) is 9.59 Å². The molecule has 1 heterocycles. The zero-order valence-corrected chi connectivity index (χ0v) is 14.5. The lowest BCUT2D eigenvalue weighted by molar-refractivity contribution is -0.131. The Morgan fingerprint density at radius 2 is 1.80 bits per heavy atom. The standard InChI is InChI=1S/C21H23NO3/c1-25-18-12-10-17(11-13-18)21(24)19-8-5-15-22(19)20(23)14-9-16-6-3-2-4-7-16/h2-4,6-7,10-13,19H,5,8-9,14-15H2,1H3. The number of likely N-dealkylation sites (tertiary alicyclic amines) is 1. The number of nitrogens with zero attached hydrogens (tertiary/aromatic N) is 1. The Kier molecular flexibility index (Phi) is 5.49. The van der Waals surface area contributed by atoms with Gasteiger partial charge in [0, 0.05) is 18.5 Å². The highest BCUT2D eigenvalue weighted by atomic mass is 16.5. The summed E-state index contributed by atoms with van der Waals surface area (Å²) in [7, 11) is 1.60. The third kappa shape index (κ3) is 4.08. The number of amides is 1. The van der Waals surface area contributed by atoms with Crippen LogP contribution in [0.1, 0.15) is 35.2 Å². The molecular weight excluding hydrogens is 314 g/mol. The molecule has 0 spiro atoms. The van der Waals surface area contributed by atoms with Crippen molar-refractivity contribution in [3.05, 3.63) is 65.7 Å². The molecule has 1 aliphatic rings. The molecule has 1 amide bonds. The van der Waals surface area contributed by atoms with E-state index in [-0.39, 0.29) is 17.7 Å². The number of ketones is 1. The number of aryl methyl sites for hydroxylation is 1. The van der Waals surface area contributed by atoms with Gasteiger partial charge in [0.2, 0.25) is 5.91 Å². The lowest BCUT2D eigenvalue weighted by Gasteiger charge is -2.24. The number of Topliss-reactive ketones (excluding diaryl/α,β-unsaturated/α-hetero) is 1. The zero-order valence-electron chi connectivity index (χ0n) is 14.5. The van der Waals surface area contributed by atoms with E-state index in [1.807, 2.05) is 30.3 Å². The molecule has 0 N–H and O–H groups in total. The van der Waals surface area contributed by atoms with Crippen LogP contribution in [0.5, 0.6) is 5.75 Å². The van der Waals surface area contributed by atoms with Gasteiger partial charge in [-0.2, -0.15) is 0 Å². The summed E-state index contributed by atoms with van der Waals surface area (Å²) in [5.74, 6) is 0.806. The van der Waals surface area contributed by atoms with Crippen LogP contribution >= 0.6 is 0 Å².